The summed E-state index contributed by atoms with van der Waals surface area (Å²) >= 11 is 1.30. The average Bonchev–Trinajstić information content (AvgIpc) is 3.51. The summed E-state index contributed by atoms with van der Waals surface area (Å²) in [6, 6.07) is 20.2. The van der Waals surface area contributed by atoms with Crippen LogP contribution in [0.1, 0.15) is 11.5 Å². The fourth-order valence-corrected chi connectivity index (χ4v) is 4.21. The van der Waals surface area contributed by atoms with Crippen molar-refractivity contribution in [1.29, 1.82) is 0 Å². The van der Waals surface area contributed by atoms with E-state index in [1.165, 1.54) is 30.0 Å². The van der Waals surface area contributed by atoms with Gasteiger partial charge in [0.05, 0.1) is 16.2 Å². The molecule has 0 saturated heterocycles. The van der Waals surface area contributed by atoms with E-state index in [0.717, 1.165) is 11.3 Å². The number of nitro groups is 1. The van der Waals surface area contributed by atoms with Gasteiger partial charge in [0.25, 0.3) is 5.69 Å². The minimum atomic E-state index is -0.481. The Bertz CT molecular complexity index is 1520. The third-order valence-corrected chi connectivity index (χ3v) is 6.06. The molecule has 0 saturated carbocycles. The van der Waals surface area contributed by atoms with Gasteiger partial charge < -0.3 is 4.52 Å². The molecule has 9 nitrogen and oxygen atoms in total. The number of aromatic nitrogens is 5. The molecule has 0 atom stereocenters. The lowest BCUT2D eigenvalue weighted by molar-refractivity contribution is -0.384. The highest BCUT2D eigenvalue weighted by Crippen LogP contribution is 2.31. The average molecular weight is 489 g/mol. The van der Waals surface area contributed by atoms with E-state index in [1.807, 2.05) is 31.2 Å². The predicted octanol–water partition coefficient (Wildman–Crippen LogP) is 5.63. The summed E-state index contributed by atoms with van der Waals surface area (Å²) < 4.78 is 21.7. The van der Waals surface area contributed by atoms with Gasteiger partial charge in [0.2, 0.25) is 11.7 Å². The summed E-state index contributed by atoms with van der Waals surface area (Å²) in [5, 5.41) is 24.0. The first-order valence-corrected chi connectivity index (χ1v) is 11.5. The van der Waals surface area contributed by atoms with Gasteiger partial charge in [-0.1, -0.05) is 58.9 Å². The smallest absolute Gasteiger partial charge is 0.270 e. The van der Waals surface area contributed by atoms with Gasteiger partial charge in [-0.05, 0) is 31.2 Å². The zero-order chi connectivity index (χ0) is 24.4. The Hall–Kier alpha value is -4.38. The van der Waals surface area contributed by atoms with Crippen LogP contribution in [-0.2, 0) is 5.75 Å². The van der Waals surface area contributed by atoms with E-state index in [4.69, 9.17) is 4.52 Å². The van der Waals surface area contributed by atoms with Gasteiger partial charge in [0, 0.05) is 23.4 Å². The van der Waals surface area contributed by atoms with E-state index in [-0.39, 0.29) is 17.3 Å². The summed E-state index contributed by atoms with van der Waals surface area (Å²) in [7, 11) is 0. The molecule has 174 valence electrons. The Morgan fingerprint density at radius 1 is 1.06 bits per heavy atom. The van der Waals surface area contributed by atoms with Crippen LogP contribution < -0.4 is 0 Å². The molecule has 0 aliphatic heterocycles. The van der Waals surface area contributed by atoms with Crippen LogP contribution in [0.2, 0.25) is 0 Å². The number of hydrogen-bond acceptors (Lipinski definition) is 8. The minimum absolute atomic E-state index is 0.0601. The van der Waals surface area contributed by atoms with Crippen LogP contribution in [0, 0.1) is 22.9 Å². The third-order valence-electron chi connectivity index (χ3n) is 5.15. The summed E-state index contributed by atoms with van der Waals surface area (Å²) in [4.78, 5) is 14.9. The quantitative estimate of drug-likeness (QED) is 0.164. The van der Waals surface area contributed by atoms with E-state index >= 15 is 0 Å². The van der Waals surface area contributed by atoms with Crippen LogP contribution in [0.4, 0.5) is 10.1 Å². The van der Waals surface area contributed by atoms with Crippen molar-refractivity contribution >= 4 is 17.4 Å². The SMILES string of the molecule is Cc1ccc(-n2c(SCc3nc(-c4cccc([N+](=O)[O-])c4)no3)nnc2-c2ccccc2F)cc1. The highest BCUT2D eigenvalue weighted by atomic mass is 32.2. The van der Waals surface area contributed by atoms with Gasteiger partial charge in [-0.3, -0.25) is 14.7 Å². The Morgan fingerprint density at radius 2 is 1.86 bits per heavy atom. The molecule has 5 aromatic rings. The molecule has 0 bridgehead atoms. The zero-order valence-electron chi connectivity index (χ0n) is 18.3. The van der Waals surface area contributed by atoms with E-state index in [1.54, 1.807) is 34.9 Å². The number of rotatable bonds is 7. The van der Waals surface area contributed by atoms with Crippen molar-refractivity contribution in [3.63, 3.8) is 0 Å². The number of aryl methyl sites for hydroxylation is 1. The lowest BCUT2D eigenvalue weighted by Crippen LogP contribution is -2.01. The fraction of sp³-hybridized carbons (Fsp3) is 0.0833. The Morgan fingerprint density at radius 3 is 2.63 bits per heavy atom. The zero-order valence-corrected chi connectivity index (χ0v) is 19.1. The predicted molar refractivity (Wildman–Crippen MR) is 127 cm³/mol. The number of halogens is 1. The molecule has 35 heavy (non-hydrogen) atoms. The highest BCUT2D eigenvalue weighted by Gasteiger charge is 2.20. The molecule has 0 fully saturated rings. The lowest BCUT2D eigenvalue weighted by atomic mass is 10.2. The van der Waals surface area contributed by atoms with E-state index in [2.05, 4.69) is 20.3 Å². The molecule has 0 amide bonds. The second-order valence-electron chi connectivity index (χ2n) is 7.56. The molecule has 0 N–H and O–H groups in total. The summed E-state index contributed by atoms with van der Waals surface area (Å²) in [5.41, 5.74) is 2.62. The standard InChI is InChI=1S/C24H17FN6O3S/c1-15-9-11-17(12-10-15)30-23(19-7-2-3-8-20(19)25)27-28-24(30)35-14-21-26-22(29-34-21)16-5-4-6-18(13-16)31(32)33/h2-13H,14H2,1H3. The van der Waals surface area contributed by atoms with Gasteiger partial charge in [0.15, 0.2) is 11.0 Å². The van der Waals surface area contributed by atoms with Crippen molar-refractivity contribution in [3.8, 4) is 28.5 Å². The van der Waals surface area contributed by atoms with Crippen LogP contribution in [-0.4, -0.2) is 29.8 Å². The molecule has 2 heterocycles. The number of benzene rings is 3. The minimum Gasteiger partial charge on any atom is -0.338 e. The van der Waals surface area contributed by atoms with Crippen molar-refractivity contribution in [2.24, 2.45) is 0 Å². The Labute approximate surface area is 202 Å². The van der Waals surface area contributed by atoms with Crippen LogP contribution in [0.5, 0.6) is 0 Å². The van der Waals surface area contributed by atoms with Gasteiger partial charge in [-0.2, -0.15) is 4.98 Å². The second kappa shape index (κ2) is 9.47. The van der Waals surface area contributed by atoms with Crippen LogP contribution >= 0.6 is 11.8 Å². The summed E-state index contributed by atoms with van der Waals surface area (Å²) in [5.74, 6) is 0.794. The maximum absolute atomic E-state index is 14.6. The molecule has 0 aliphatic carbocycles. The van der Waals surface area contributed by atoms with Crippen molar-refractivity contribution in [2.75, 3.05) is 0 Å². The van der Waals surface area contributed by atoms with Crippen molar-refractivity contribution in [1.82, 2.24) is 24.9 Å². The first-order chi connectivity index (χ1) is 17.0. The number of hydrogen-bond donors (Lipinski definition) is 0. The molecule has 0 radical (unpaired) electrons. The molecular weight excluding hydrogens is 471 g/mol. The Balaban J connectivity index is 1.44. The van der Waals surface area contributed by atoms with Crippen LogP contribution in [0.25, 0.3) is 28.5 Å². The molecule has 3 aromatic carbocycles. The maximum atomic E-state index is 14.6. The number of non-ortho nitro benzene ring substituents is 1. The van der Waals surface area contributed by atoms with Crippen LogP contribution in [0.3, 0.4) is 0 Å². The van der Waals surface area contributed by atoms with Crippen LogP contribution in [0.15, 0.2) is 82.5 Å². The monoisotopic (exact) mass is 488 g/mol. The number of nitro benzene ring substituents is 1. The van der Waals surface area contributed by atoms with E-state index in [9.17, 15) is 14.5 Å². The third kappa shape index (κ3) is 4.66. The van der Waals surface area contributed by atoms with Gasteiger partial charge in [0.1, 0.15) is 5.82 Å². The molecule has 11 heteroatoms. The van der Waals surface area contributed by atoms with E-state index in [0.29, 0.717) is 28.0 Å². The van der Waals surface area contributed by atoms with Gasteiger partial charge in [-0.15, -0.1) is 10.2 Å². The molecule has 0 spiro atoms. The molecule has 0 aliphatic rings. The molecular formula is C24H17FN6O3S. The topological polar surface area (TPSA) is 113 Å². The molecule has 2 aromatic heterocycles. The summed E-state index contributed by atoms with van der Waals surface area (Å²) in [6.45, 7) is 1.98. The van der Waals surface area contributed by atoms with Crippen molar-refractivity contribution < 1.29 is 13.8 Å². The first-order valence-electron chi connectivity index (χ1n) is 10.5. The maximum Gasteiger partial charge on any atom is 0.270 e. The largest absolute Gasteiger partial charge is 0.338 e. The van der Waals surface area contributed by atoms with Gasteiger partial charge in [-0.25, -0.2) is 4.39 Å². The molecule has 5 rings (SSSR count). The second-order valence-corrected chi connectivity index (χ2v) is 8.51. The highest BCUT2D eigenvalue weighted by molar-refractivity contribution is 7.98. The first kappa shape index (κ1) is 22.4. The summed E-state index contributed by atoms with van der Waals surface area (Å²) in [6.07, 6.45) is 0. The molecule has 0 unspecified atom stereocenters. The number of nitrogens with zero attached hydrogens (tertiary/aromatic N) is 6. The number of thioether (sulfide) groups is 1. The van der Waals surface area contributed by atoms with Gasteiger partial charge >= 0.3 is 0 Å². The lowest BCUT2D eigenvalue weighted by Gasteiger charge is -2.10. The fourth-order valence-electron chi connectivity index (χ4n) is 3.42. The van der Waals surface area contributed by atoms with Crippen molar-refractivity contribution in [3.05, 3.63) is 100 Å². The Kier molecular flexibility index (Phi) is 6.06. The van der Waals surface area contributed by atoms with Crippen molar-refractivity contribution in [2.45, 2.75) is 17.8 Å². The van der Waals surface area contributed by atoms with E-state index < -0.39 is 10.7 Å². The normalized spacial score (nSPS) is 11.0.